The Morgan fingerprint density at radius 3 is 2.77 bits per heavy atom. The number of methoxy groups -OCH3 is 1. The van der Waals surface area contributed by atoms with Crippen LogP contribution in [0.2, 0.25) is 0 Å². The van der Waals surface area contributed by atoms with Gasteiger partial charge >= 0.3 is 0 Å². The first-order valence-electron chi connectivity index (χ1n) is 9.35. The van der Waals surface area contributed by atoms with Crippen LogP contribution in [0.25, 0.3) is 11.3 Å². The Hall–Kier alpha value is -2.84. The van der Waals surface area contributed by atoms with E-state index in [1.54, 1.807) is 13.3 Å². The summed E-state index contributed by atoms with van der Waals surface area (Å²) >= 11 is 2.91. The van der Waals surface area contributed by atoms with E-state index in [0.717, 1.165) is 21.2 Å². The maximum atomic E-state index is 12.1. The molecule has 0 fully saturated rings. The number of rotatable bonds is 9. The highest BCUT2D eigenvalue weighted by Crippen LogP contribution is 2.29. The molecule has 1 aromatic heterocycles. The maximum Gasteiger partial charge on any atom is 0.250 e. The smallest absolute Gasteiger partial charge is 0.250 e. The molecule has 2 aromatic carbocycles. The average molecular weight is 442 g/mol. The van der Waals surface area contributed by atoms with Crippen LogP contribution in [0.1, 0.15) is 19.4 Å². The van der Waals surface area contributed by atoms with Crippen molar-refractivity contribution in [1.29, 1.82) is 0 Å². The number of nitrogens with one attached hydrogen (secondary N) is 1. The SMILES string of the molecule is COc1cc(/C=N/NC(=O)CSc2nc(-c3ccccc3)cs2)ccc1OC(C)C. The topological polar surface area (TPSA) is 72.8 Å². The number of ether oxygens (including phenoxy) is 2. The quantitative estimate of drug-likeness (QED) is 0.292. The van der Waals surface area contributed by atoms with Gasteiger partial charge in [0, 0.05) is 10.9 Å². The van der Waals surface area contributed by atoms with E-state index >= 15 is 0 Å². The van der Waals surface area contributed by atoms with Gasteiger partial charge < -0.3 is 9.47 Å². The van der Waals surface area contributed by atoms with Gasteiger partial charge in [0.15, 0.2) is 15.8 Å². The molecule has 0 aliphatic carbocycles. The fourth-order valence-electron chi connectivity index (χ4n) is 2.52. The third-order valence-electron chi connectivity index (χ3n) is 3.83. The minimum absolute atomic E-state index is 0.0526. The number of hydrogen-bond donors (Lipinski definition) is 1. The molecule has 8 heteroatoms. The van der Waals surface area contributed by atoms with Gasteiger partial charge in [0.1, 0.15) is 0 Å². The number of amides is 1. The highest BCUT2D eigenvalue weighted by atomic mass is 32.2. The third kappa shape index (κ3) is 6.33. The first kappa shape index (κ1) is 21.9. The summed E-state index contributed by atoms with van der Waals surface area (Å²) in [6, 6.07) is 15.4. The van der Waals surface area contributed by atoms with E-state index in [1.165, 1.54) is 23.1 Å². The Kier molecular flexibility index (Phi) is 7.87. The highest BCUT2D eigenvalue weighted by molar-refractivity contribution is 8.01. The molecule has 0 saturated carbocycles. The molecular weight excluding hydrogens is 418 g/mol. The normalized spacial score (nSPS) is 11.1. The molecule has 3 aromatic rings. The van der Waals surface area contributed by atoms with Crippen molar-refractivity contribution in [1.82, 2.24) is 10.4 Å². The number of carbonyl (C=O) groups is 1. The van der Waals surface area contributed by atoms with Crippen LogP contribution in [0.15, 0.2) is 63.4 Å². The van der Waals surface area contributed by atoms with E-state index in [1.807, 2.05) is 67.8 Å². The number of aromatic nitrogens is 1. The van der Waals surface area contributed by atoms with Crippen LogP contribution in [0.4, 0.5) is 0 Å². The fraction of sp³-hybridized carbons (Fsp3) is 0.227. The summed E-state index contributed by atoms with van der Waals surface area (Å²) in [4.78, 5) is 16.6. The van der Waals surface area contributed by atoms with Crippen molar-refractivity contribution in [2.45, 2.75) is 24.3 Å². The number of nitrogens with zero attached hydrogens (tertiary/aromatic N) is 2. The average Bonchev–Trinajstić information content (AvgIpc) is 3.22. The standard InChI is InChI=1S/C22H23N3O3S2/c1-15(2)28-19-10-9-16(11-20(19)27-3)12-23-25-21(26)14-30-22-24-18(13-29-22)17-7-5-4-6-8-17/h4-13,15H,14H2,1-3H3,(H,25,26)/b23-12+. The van der Waals surface area contributed by atoms with Gasteiger partial charge in [0.2, 0.25) is 0 Å². The molecule has 1 N–H and O–H groups in total. The van der Waals surface area contributed by atoms with Crippen molar-refractivity contribution in [3.63, 3.8) is 0 Å². The molecule has 0 bridgehead atoms. The molecule has 3 rings (SSSR count). The summed E-state index contributed by atoms with van der Waals surface area (Å²) in [6.07, 6.45) is 1.62. The Morgan fingerprint density at radius 2 is 2.03 bits per heavy atom. The molecule has 156 valence electrons. The summed E-state index contributed by atoms with van der Waals surface area (Å²) in [5, 5.41) is 6.02. The zero-order valence-electron chi connectivity index (χ0n) is 17.0. The van der Waals surface area contributed by atoms with E-state index in [2.05, 4.69) is 15.5 Å². The predicted molar refractivity (Wildman–Crippen MR) is 123 cm³/mol. The second kappa shape index (κ2) is 10.8. The van der Waals surface area contributed by atoms with E-state index in [9.17, 15) is 4.79 Å². The van der Waals surface area contributed by atoms with Crippen molar-refractivity contribution >= 4 is 35.2 Å². The van der Waals surface area contributed by atoms with Gasteiger partial charge in [-0.2, -0.15) is 5.10 Å². The monoisotopic (exact) mass is 441 g/mol. The van der Waals surface area contributed by atoms with Gasteiger partial charge in [-0.1, -0.05) is 42.1 Å². The molecule has 0 spiro atoms. The number of thioether (sulfide) groups is 1. The van der Waals surface area contributed by atoms with Gasteiger partial charge in [-0.05, 0) is 37.6 Å². The molecule has 0 aliphatic heterocycles. The first-order chi connectivity index (χ1) is 14.5. The van der Waals surface area contributed by atoms with Crippen LogP contribution in [0, 0.1) is 0 Å². The zero-order chi connectivity index (χ0) is 21.3. The van der Waals surface area contributed by atoms with E-state index < -0.39 is 0 Å². The van der Waals surface area contributed by atoms with E-state index in [0.29, 0.717) is 11.5 Å². The van der Waals surface area contributed by atoms with Gasteiger partial charge in [0.05, 0.1) is 30.9 Å². The number of carbonyl (C=O) groups excluding carboxylic acids is 1. The molecule has 6 nitrogen and oxygen atoms in total. The summed E-state index contributed by atoms with van der Waals surface area (Å²) in [7, 11) is 1.59. The van der Waals surface area contributed by atoms with Gasteiger partial charge in [-0.25, -0.2) is 10.4 Å². The Bertz CT molecular complexity index is 1000. The fourth-order valence-corrected chi connectivity index (χ4v) is 4.15. The van der Waals surface area contributed by atoms with Crippen molar-refractivity contribution < 1.29 is 14.3 Å². The third-order valence-corrected chi connectivity index (χ3v) is 5.85. The molecule has 0 unspecified atom stereocenters. The molecule has 0 radical (unpaired) electrons. The van der Waals surface area contributed by atoms with Crippen LogP contribution >= 0.6 is 23.1 Å². The minimum Gasteiger partial charge on any atom is -0.493 e. The van der Waals surface area contributed by atoms with Gasteiger partial charge in [0.25, 0.3) is 5.91 Å². The molecule has 0 saturated heterocycles. The van der Waals surface area contributed by atoms with Crippen molar-refractivity contribution in [3.8, 4) is 22.8 Å². The van der Waals surface area contributed by atoms with Gasteiger partial charge in [-0.3, -0.25) is 4.79 Å². The molecule has 0 atom stereocenters. The predicted octanol–water partition coefficient (Wildman–Crippen LogP) is 4.85. The van der Waals surface area contributed by atoms with Crippen LogP contribution in [-0.4, -0.2) is 36.1 Å². The minimum atomic E-state index is -0.195. The lowest BCUT2D eigenvalue weighted by Gasteiger charge is -2.13. The lowest BCUT2D eigenvalue weighted by atomic mass is 10.2. The lowest BCUT2D eigenvalue weighted by Crippen LogP contribution is -2.19. The second-order valence-corrected chi connectivity index (χ2v) is 8.60. The maximum absolute atomic E-state index is 12.1. The Labute approximate surface area is 184 Å². The summed E-state index contributed by atoms with van der Waals surface area (Å²) in [5.74, 6) is 1.33. The number of hydrazone groups is 1. The Morgan fingerprint density at radius 1 is 1.23 bits per heavy atom. The van der Waals surface area contributed by atoms with E-state index in [-0.39, 0.29) is 17.8 Å². The molecule has 0 aliphatic rings. The second-order valence-electron chi connectivity index (χ2n) is 6.52. The first-order valence-corrected chi connectivity index (χ1v) is 11.2. The Balaban J connectivity index is 1.50. The summed E-state index contributed by atoms with van der Waals surface area (Å²) in [6.45, 7) is 3.91. The van der Waals surface area contributed by atoms with Gasteiger partial charge in [-0.15, -0.1) is 11.3 Å². The molecule has 1 heterocycles. The van der Waals surface area contributed by atoms with Crippen LogP contribution in [0.5, 0.6) is 11.5 Å². The van der Waals surface area contributed by atoms with Crippen LogP contribution < -0.4 is 14.9 Å². The molecular formula is C22H23N3O3S2. The van der Waals surface area contributed by atoms with Crippen LogP contribution in [-0.2, 0) is 4.79 Å². The highest BCUT2D eigenvalue weighted by Gasteiger charge is 2.09. The van der Waals surface area contributed by atoms with Crippen molar-refractivity contribution in [2.24, 2.45) is 5.10 Å². The molecule has 1 amide bonds. The summed E-state index contributed by atoms with van der Waals surface area (Å²) in [5.41, 5.74) is 5.32. The number of benzene rings is 2. The molecule has 30 heavy (non-hydrogen) atoms. The van der Waals surface area contributed by atoms with Crippen molar-refractivity contribution in [2.75, 3.05) is 12.9 Å². The lowest BCUT2D eigenvalue weighted by molar-refractivity contribution is -0.118. The van der Waals surface area contributed by atoms with Crippen molar-refractivity contribution in [3.05, 3.63) is 59.5 Å². The largest absolute Gasteiger partial charge is 0.493 e. The number of thiazole rings is 1. The van der Waals surface area contributed by atoms with E-state index in [4.69, 9.17) is 9.47 Å². The van der Waals surface area contributed by atoms with Crippen LogP contribution in [0.3, 0.4) is 0 Å². The summed E-state index contributed by atoms with van der Waals surface area (Å²) < 4.78 is 11.9. The number of hydrogen-bond acceptors (Lipinski definition) is 7. The zero-order valence-corrected chi connectivity index (χ0v) is 18.6.